The van der Waals surface area contributed by atoms with E-state index >= 15 is 0 Å². The molecule has 3 nitrogen and oxygen atoms in total. The van der Waals surface area contributed by atoms with Gasteiger partial charge in [-0.05, 0) is 25.0 Å². The van der Waals surface area contributed by atoms with E-state index in [0.29, 0.717) is 16.8 Å². The molecule has 88 valence electrons. The molecule has 1 saturated heterocycles. The second kappa shape index (κ2) is 4.93. The topological polar surface area (TPSA) is 38.5 Å². The monoisotopic (exact) mass is 240 g/mol. The van der Waals surface area contributed by atoms with E-state index in [9.17, 15) is 0 Å². The van der Waals surface area contributed by atoms with Crippen LogP contribution in [0.15, 0.2) is 18.2 Å². The summed E-state index contributed by atoms with van der Waals surface area (Å²) in [6.45, 7) is 1.71. The van der Waals surface area contributed by atoms with E-state index in [1.807, 2.05) is 25.2 Å². The average Bonchev–Trinajstić information content (AvgIpc) is 2.70. The van der Waals surface area contributed by atoms with Crippen molar-refractivity contribution in [2.24, 2.45) is 0 Å². The zero-order valence-electron chi connectivity index (χ0n) is 9.45. The quantitative estimate of drug-likeness (QED) is 0.826. The van der Waals surface area contributed by atoms with Gasteiger partial charge in [0.05, 0.1) is 22.5 Å². The Labute approximate surface area is 101 Å². The van der Waals surface area contributed by atoms with Crippen molar-refractivity contribution >= 4 is 23.0 Å². The van der Waals surface area contributed by atoms with Gasteiger partial charge in [0.1, 0.15) is 0 Å². The molecule has 1 heterocycles. The van der Waals surface area contributed by atoms with Crippen LogP contribution in [0.25, 0.3) is 0 Å². The van der Waals surface area contributed by atoms with E-state index in [4.69, 9.17) is 22.1 Å². The highest BCUT2D eigenvalue weighted by molar-refractivity contribution is 6.33. The van der Waals surface area contributed by atoms with Crippen molar-refractivity contribution in [2.45, 2.75) is 18.9 Å². The van der Waals surface area contributed by atoms with E-state index in [2.05, 4.69) is 4.90 Å². The van der Waals surface area contributed by atoms with Crippen molar-refractivity contribution in [1.82, 2.24) is 0 Å². The fraction of sp³-hybridized carbons (Fsp3) is 0.500. The number of anilines is 2. The van der Waals surface area contributed by atoms with Crippen molar-refractivity contribution in [3.63, 3.8) is 0 Å². The lowest BCUT2D eigenvalue weighted by atomic mass is 10.2. The molecule has 1 aliphatic rings. The standard InChI is InChI=1S/C12H17ClN2O/c1-15(8-9-4-3-7-16-9)12-10(13)5-2-6-11(12)14/h2,5-6,9H,3-4,7-8,14H2,1H3. The van der Waals surface area contributed by atoms with Crippen LogP contribution in [0.1, 0.15) is 12.8 Å². The first kappa shape index (κ1) is 11.6. The van der Waals surface area contributed by atoms with Gasteiger partial charge in [-0.2, -0.15) is 0 Å². The first-order chi connectivity index (χ1) is 7.68. The van der Waals surface area contributed by atoms with Crippen LogP contribution in [0.3, 0.4) is 0 Å². The third kappa shape index (κ3) is 2.42. The number of hydrogen-bond acceptors (Lipinski definition) is 3. The number of nitrogens with two attached hydrogens (primary N) is 1. The molecule has 1 unspecified atom stereocenters. The summed E-state index contributed by atoms with van der Waals surface area (Å²) in [6, 6.07) is 5.59. The van der Waals surface area contributed by atoms with Crippen molar-refractivity contribution < 1.29 is 4.74 Å². The maximum Gasteiger partial charge on any atom is 0.0787 e. The van der Waals surface area contributed by atoms with Gasteiger partial charge < -0.3 is 15.4 Å². The van der Waals surface area contributed by atoms with Gasteiger partial charge in [-0.1, -0.05) is 17.7 Å². The van der Waals surface area contributed by atoms with Crippen LogP contribution in [0.2, 0.25) is 5.02 Å². The molecule has 1 aromatic rings. The zero-order chi connectivity index (χ0) is 11.5. The molecule has 1 aliphatic heterocycles. The smallest absolute Gasteiger partial charge is 0.0787 e. The number of ether oxygens (including phenoxy) is 1. The number of nitrogens with zero attached hydrogens (tertiary/aromatic N) is 1. The number of halogens is 1. The van der Waals surface area contributed by atoms with Gasteiger partial charge in [0.25, 0.3) is 0 Å². The summed E-state index contributed by atoms with van der Waals surface area (Å²) in [4.78, 5) is 2.08. The zero-order valence-corrected chi connectivity index (χ0v) is 10.2. The largest absolute Gasteiger partial charge is 0.397 e. The van der Waals surface area contributed by atoms with E-state index in [-0.39, 0.29) is 0 Å². The Morgan fingerprint density at radius 1 is 1.56 bits per heavy atom. The summed E-state index contributed by atoms with van der Waals surface area (Å²) < 4.78 is 5.60. The SMILES string of the molecule is CN(CC1CCCO1)c1c(N)cccc1Cl. The van der Waals surface area contributed by atoms with Crippen LogP contribution in [0.4, 0.5) is 11.4 Å². The van der Waals surface area contributed by atoms with E-state index in [0.717, 1.165) is 31.7 Å². The van der Waals surface area contributed by atoms with Crippen LogP contribution >= 0.6 is 11.6 Å². The molecular formula is C12H17ClN2O. The second-order valence-electron chi connectivity index (χ2n) is 4.19. The third-order valence-electron chi connectivity index (χ3n) is 2.90. The number of benzene rings is 1. The Hall–Kier alpha value is -0.930. The molecule has 0 spiro atoms. The number of nitrogen functional groups attached to an aromatic ring is 1. The van der Waals surface area contributed by atoms with Gasteiger partial charge in [-0.15, -0.1) is 0 Å². The summed E-state index contributed by atoms with van der Waals surface area (Å²) in [5.41, 5.74) is 7.55. The van der Waals surface area contributed by atoms with Gasteiger partial charge >= 0.3 is 0 Å². The van der Waals surface area contributed by atoms with Crippen molar-refractivity contribution in [2.75, 3.05) is 30.8 Å². The molecule has 0 saturated carbocycles. The molecule has 16 heavy (non-hydrogen) atoms. The first-order valence-electron chi connectivity index (χ1n) is 5.55. The molecule has 2 rings (SSSR count). The Morgan fingerprint density at radius 2 is 2.38 bits per heavy atom. The van der Waals surface area contributed by atoms with Gasteiger partial charge in [0, 0.05) is 20.2 Å². The Balaban J connectivity index is 2.10. The van der Waals surface area contributed by atoms with Gasteiger partial charge in [-0.3, -0.25) is 0 Å². The van der Waals surface area contributed by atoms with E-state index in [1.54, 1.807) is 0 Å². The third-order valence-corrected chi connectivity index (χ3v) is 3.21. The fourth-order valence-corrected chi connectivity index (χ4v) is 2.45. The molecule has 1 atom stereocenters. The summed E-state index contributed by atoms with van der Waals surface area (Å²) >= 11 is 6.15. The van der Waals surface area contributed by atoms with Crippen LogP contribution in [0.5, 0.6) is 0 Å². The lowest BCUT2D eigenvalue weighted by molar-refractivity contribution is 0.116. The number of rotatable bonds is 3. The maximum atomic E-state index is 6.15. The summed E-state index contributed by atoms with van der Waals surface area (Å²) in [6.07, 6.45) is 2.58. The predicted molar refractivity (Wildman–Crippen MR) is 68.1 cm³/mol. The van der Waals surface area contributed by atoms with Gasteiger partial charge in [0.15, 0.2) is 0 Å². The average molecular weight is 241 g/mol. The van der Waals surface area contributed by atoms with E-state index in [1.165, 1.54) is 0 Å². The minimum absolute atomic E-state index is 0.306. The van der Waals surface area contributed by atoms with Gasteiger partial charge in [-0.25, -0.2) is 0 Å². The summed E-state index contributed by atoms with van der Waals surface area (Å²) in [5.74, 6) is 0. The van der Waals surface area contributed by atoms with Crippen LogP contribution in [-0.2, 0) is 4.74 Å². The highest BCUT2D eigenvalue weighted by atomic mass is 35.5. The minimum atomic E-state index is 0.306. The fourth-order valence-electron chi connectivity index (χ4n) is 2.12. The predicted octanol–water partition coefficient (Wildman–Crippen LogP) is 2.54. The summed E-state index contributed by atoms with van der Waals surface area (Å²) in [5, 5.41) is 0.695. The maximum absolute atomic E-state index is 6.15. The summed E-state index contributed by atoms with van der Waals surface area (Å²) in [7, 11) is 2.00. The minimum Gasteiger partial charge on any atom is -0.397 e. The van der Waals surface area contributed by atoms with E-state index < -0.39 is 0 Å². The Kier molecular flexibility index (Phi) is 3.56. The Morgan fingerprint density at radius 3 is 3.00 bits per heavy atom. The Bertz CT molecular complexity index is 344. The van der Waals surface area contributed by atoms with Crippen LogP contribution < -0.4 is 10.6 Å². The van der Waals surface area contributed by atoms with Crippen LogP contribution in [0, 0.1) is 0 Å². The second-order valence-corrected chi connectivity index (χ2v) is 4.60. The number of likely N-dealkylation sites (N-methyl/N-ethyl adjacent to an activating group) is 1. The molecule has 0 aromatic heterocycles. The van der Waals surface area contributed by atoms with Crippen molar-refractivity contribution in [1.29, 1.82) is 0 Å². The molecule has 4 heteroatoms. The molecule has 0 radical (unpaired) electrons. The lowest BCUT2D eigenvalue weighted by Crippen LogP contribution is -2.29. The molecule has 1 aromatic carbocycles. The normalized spacial score (nSPS) is 20.0. The first-order valence-corrected chi connectivity index (χ1v) is 5.93. The molecule has 1 fully saturated rings. The van der Waals surface area contributed by atoms with Crippen molar-refractivity contribution in [3.8, 4) is 0 Å². The molecule has 0 amide bonds. The number of para-hydroxylation sites is 1. The highest BCUT2D eigenvalue weighted by Gasteiger charge is 2.19. The molecular weight excluding hydrogens is 224 g/mol. The molecule has 0 bridgehead atoms. The van der Waals surface area contributed by atoms with Gasteiger partial charge in [0.2, 0.25) is 0 Å². The lowest BCUT2D eigenvalue weighted by Gasteiger charge is -2.25. The van der Waals surface area contributed by atoms with Crippen molar-refractivity contribution in [3.05, 3.63) is 23.2 Å². The molecule has 0 aliphatic carbocycles. The molecule has 2 N–H and O–H groups in total. The highest BCUT2D eigenvalue weighted by Crippen LogP contribution is 2.31. The number of hydrogen-bond donors (Lipinski definition) is 1. The van der Waals surface area contributed by atoms with Crippen LogP contribution in [-0.4, -0.2) is 26.3 Å².